The fourth-order valence-electron chi connectivity index (χ4n) is 1.73. The van der Waals surface area contributed by atoms with Gasteiger partial charge in [0, 0.05) is 33.4 Å². The van der Waals surface area contributed by atoms with Crippen molar-refractivity contribution in [3.8, 4) is 0 Å². The van der Waals surface area contributed by atoms with Crippen molar-refractivity contribution in [2.24, 2.45) is 0 Å². The average molecular weight is 262 g/mol. The Labute approximate surface area is 111 Å². The topological polar surface area (TPSA) is 33.7 Å². The largest absolute Gasteiger partial charge is 0.383 e. The molecule has 5 heteroatoms. The SMILES string of the molecule is CCC(CC)N(CCOC)C(=S)NCCOC. The molecule has 0 heterocycles. The van der Waals surface area contributed by atoms with Crippen LogP contribution in [0, 0.1) is 0 Å². The van der Waals surface area contributed by atoms with Gasteiger partial charge in [0.2, 0.25) is 0 Å². The minimum absolute atomic E-state index is 0.479. The van der Waals surface area contributed by atoms with Gasteiger partial charge < -0.3 is 19.7 Å². The Bertz CT molecular complexity index is 199. The number of ether oxygens (including phenoxy) is 2. The van der Waals surface area contributed by atoms with Crippen LogP contribution in [-0.2, 0) is 9.47 Å². The standard InChI is InChI=1S/C12H26N2O2S/c1-5-11(6-2)14(8-10-16-4)12(17)13-7-9-15-3/h11H,5-10H2,1-4H3,(H,13,17). The molecular formula is C12H26N2O2S. The fourth-order valence-corrected chi connectivity index (χ4v) is 2.07. The molecule has 0 aliphatic heterocycles. The number of thiocarbonyl (C=S) groups is 1. The Morgan fingerprint density at radius 3 is 2.24 bits per heavy atom. The van der Waals surface area contributed by atoms with Crippen molar-refractivity contribution >= 4 is 17.3 Å². The molecule has 0 unspecified atom stereocenters. The molecule has 0 rings (SSSR count). The van der Waals surface area contributed by atoms with Crippen LogP contribution in [0.15, 0.2) is 0 Å². The van der Waals surface area contributed by atoms with Crippen molar-refractivity contribution in [3.63, 3.8) is 0 Å². The first kappa shape index (κ1) is 16.6. The summed E-state index contributed by atoms with van der Waals surface area (Å²) >= 11 is 5.41. The monoisotopic (exact) mass is 262 g/mol. The molecule has 0 aromatic rings. The maximum absolute atomic E-state index is 5.41. The Kier molecular flexibility index (Phi) is 10.5. The molecule has 17 heavy (non-hydrogen) atoms. The van der Waals surface area contributed by atoms with Gasteiger partial charge in [0.1, 0.15) is 0 Å². The molecule has 4 nitrogen and oxygen atoms in total. The summed E-state index contributed by atoms with van der Waals surface area (Å²) in [4.78, 5) is 2.22. The lowest BCUT2D eigenvalue weighted by Gasteiger charge is -2.32. The highest BCUT2D eigenvalue weighted by Crippen LogP contribution is 2.08. The highest BCUT2D eigenvalue weighted by atomic mass is 32.1. The van der Waals surface area contributed by atoms with Gasteiger partial charge in [-0.2, -0.15) is 0 Å². The number of nitrogens with zero attached hydrogens (tertiary/aromatic N) is 1. The van der Waals surface area contributed by atoms with E-state index in [0.29, 0.717) is 19.3 Å². The second-order valence-corrected chi connectivity index (χ2v) is 4.27. The fraction of sp³-hybridized carbons (Fsp3) is 0.917. The molecule has 0 saturated carbocycles. The Hall–Kier alpha value is -0.390. The molecule has 0 aromatic heterocycles. The van der Waals surface area contributed by atoms with Crippen molar-refractivity contribution in [1.29, 1.82) is 0 Å². The van der Waals surface area contributed by atoms with Gasteiger partial charge in [0.25, 0.3) is 0 Å². The van der Waals surface area contributed by atoms with Gasteiger partial charge in [-0.1, -0.05) is 13.8 Å². The molecule has 0 amide bonds. The zero-order chi connectivity index (χ0) is 13.1. The van der Waals surface area contributed by atoms with E-state index >= 15 is 0 Å². The highest BCUT2D eigenvalue weighted by Gasteiger charge is 2.17. The Balaban J connectivity index is 4.27. The van der Waals surface area contributed by atoms with E-state index in [4.69, 9.17) is 21.7 Å². The molecular weight excluding hydrogens is 236 g/mol. The van der Waals surface area contributed by atoms with Crippen molar-refractivity contribution in [2.75, 3.05) is 40.5 Å². The third-order valence-electron chi connectivity index (χ3n) is 2.76. The predicted octanol–water partition coefficient (Wildman–Crippen LogP) is 1.64. The molecule has 0 aliphatic rings. The minimum atomic E-state index is 0.479. The van der Waals surface area contributed by atoms with Crippen molar-refractivity contribution in [1.82, 2.24) is 10.2 Å². The molecule has 0 spiro atoms. The van der Waals surface area contributed by atoms with Crippen LogP contribution in [0.1, 0.15) is 26.7 Å². The maximum atomic E-state index is 5.41. The lowest BCUT2D eigenvalue weighted by molar-refractivity contribution is 0.156. The minimum Gasteiger partial charge on any atom is -0.383 e. The van der Waals surface area contributed by atoms with E-state index < -0.39 is 0 Å². The van der Waals surface area contributed by atoms with Crippen LogP contribution in [-0.4, -0.2) is 56.6 Å². The van der Waals surface area contributed by atoms with Crippen molar-refractivity contribution < 1.29 is 9.47 Å². The third-order valence-corrected chi connectivity index (χ3v) is 3.14. The molecule has 1 N–H and O–H groups in total. The van der Waals surface area contributed by atoms with Gasteiger partial charge >= 0.3 is 0 Å². The van der Waals surface area contributed by atoms with Gasteiger partial charge in [-0.3, -0.25) is 0 Å². The lowest BCUT2D eigenvalue weighted by Crippen LogP contribution is -2.47. The van der Waals surface area contributed by atoms with E-state index in [2.05, 4.69) is 24.1 Å². The average Bonchev–Trinajstić information content (AvgIpc) is 2.34. The smallest absolute Gasteiger partial charge is 0.169 e. The van der Waals surface area contributed by atoms with Crippen LogP contribution in [0.4, 0.5) is 0 Å². The molecule has 0 saturated heterocycles. The summed E-state index contributed by atoms with van der Waals surface area (Å²) in [7, 11) is 3.40. The first-order valence-electron chi connectivity index (χ1n) is 6.23. The summed E-state index contributed by atoms with van der Waals surface area (Å²) in [5, 5.41) is 4.02. The summed E-state index contributed by atoms with van der Waals surface area (Å²) < 4.78 is 10.1. The van der Waals surface area contributed by atoms with Gasteiger partial charge in [-0.15, -0.1) is 0 Å². The summed E-state index contributed by atoms with van der Waals surface area (Å²) in [5.41, 5.74) is 0. The van der Waals surface area contributed by atoms with Crippen LogP contribution in [0.25, 0.3) is 0 Å². The maximum Gasteiger partial charge on any atom is 0.169 e. The quantitative estimate of drug-likeness (QED) is 0.505. The van der Waals surface area contributed by atoms with E-state index in [-0.39, 0.29) is 0 Å². The van der Waals surface area contributed by atoms with E-state index in [1.165, 1.54) is 0 Å². The number of nitrogens with one attached hydrogen (secondary N) is 1. The molecule has 0 aliphatic carbocycles. The molecule has 0 radical (unpaired) electrons. The lowest BCUT2D eigenvalue weighted by atomic mass is 10.1. The third kappa shape index (κ3) is 6.81. The second-order valence-electron chi connectivity index (χ2n) is 3.88. The zero-order valence-electron chi connectivity index (χ0n) is 11.5. The molecule has 102 valence electrons. The van der Waals surface area contributed by atoms with Crippen LogP contribution >= 0.6 is 12.2 Å². The zero-order valence-corrected chi connectivity index (χ0v) is 12.3. The van der Waals surface area contributed by atoms with Crippen LogP contribution in [0.3, 0.4) is 0 Å². The van der Waals surface area contributed by atoms with Crippen LogP contribution in [0.5, 0.6) is 0 Å². The number of methoxy groups -OCH3 is 2. The van der Waals surface area contributed by atoms with Gasteiger partial charge in [0.15, 0.2) is 5.11 Å². The normalized spacial score (nSPS) is 10.6. The van der Waals surface area contributed by atoms with Gasteiger partial charge in [0.05, 0.1) is 13.2 Å². The van der Waals surface area contributed by atoms with Gasteiger partial charge in [-0.25, -0.2) is 0 Å². The predicted molar refractivity (Wildman–Crippen MR) is 75.4 cm³/mol. The molecule has 0 atom stereocenters. The Morgan fingerprint density at radius 2 is 1.76 bits per heavy atom. The van der Waals surface area contributed by atoms with E-state index in [0.717, 1.165) is 31.0 Å². The highest BCUT2D eigenvalue weighted by molar-refractivity contribution is 7.80. The summed E-state index contributed by atoms with van der Waals surface area (Å²) in [6.07, 6.45) is 2.18. The van der Waals surface area contributed by atoms with Crippen LogP contribution < -0.4 is 5.32 Å². The summed E-state index contributed by atoms with van der Waals surface area (Å²) in [5.74, 6) is 0. The van der Waals surface area contributed by atoms with E-state index in [1.54, 1.807) is 14.2 Å². The molecule has 0 aromatic carbocycles. The van der Waals surface area contributed by atoms with E-state index in [1.807, 2.05) is 0 Å². The Morgan fingerprint density at radius 1 is 1.18 bits per heavy atom. The number of hydrogen-bond donors (Lipinski definition) is 1. The number of hydrogen-bond acceptors (Lipinski definition) is 3. The van der Waals surface area contributed by atoms with Crippen molar-refractivity contribution in [3.05, 3.63) is 0 Å². The molecule has 0 bridgehead atoms. The van der Waals surface area contributed by atoms with E-state index in [9.17, 15) is 0 Å². The second kappa shape index (κ2) is 10.7. The van der Waals surface area contributed by atoms with Crippen LogP contribution in [0.2, 0.25) is 0 Å². The first-order valence-corrected chi connectivity index (χ1v) is 6.64. The summed E-state index contributed by atoms with van der Waals surface area (Å²) in [6, 6.07) is 0.479. The summed E-state index contributed by atoms with van der Waals surface area (Å²) in [6.45, 7) is 7.32. The number of rotatable bonds is 9. The first-order chi connectivity index (χ1) is 8.21. The van der Waals surface area contributed by atoms with Crippen molar-refractivity contribution in [2.45, 2.75) is 32.7 Å². The van der Waals surface area contributed by atoms with Gasteiger partial charge in [-0.05, 0) is 25.1 Å². The molecule has 0 fully saturated rings.